The maximum Gasteiger partial charge on any atom is 0.236 e. The summed E-state index contributed by atoms with van der Waals surface area (Å²) in [4.78, 5) is 18.7. The molecule has 14 atom stereocenters. The van der Waals surface area contributed by atoms with Crippen LogP contribution in [0.3, 0.4) is 0 Å². The van der Waals surface area contributed by atoms with Crippen LogP contribution in [0.2, 0.25) is 0 Å². The highest BCUT2D eigenvalue weighted by Gasteiger charge is 2.84. The number of amides is 1. The van der Waals surface area contributed by atoms with Crippen molar-refractivity contribution in [1.82, 2.24) is 14.7 Å². The standard InChI is InChI=1S/C43H73N3O7/c1-11-50-37(39(5,6)49)28-20-26(2)34-35(52-28)36(48)41(8)30-13-12-29-38(3,4)31(14-15-42(29)25-43(30,42)17-16-40(34,41)7)53-33-24-46(18-19-51-33)27-21-45(22-27)23-32(47)44(9)10/h26-31,33-37,48-49H,11-25H2,1-10H3/t26-,28-,29+,30+,31+,33+,34+,35+,36+,37+,40-,41-,42-,43+/m1/s1. The molecular formula is C43H73N3O7. The van der Waals surface area contributed by atoms with Crippen molar-refractivity contribution in [3.8, 4) is 0 Å². The van der Waals surface area contributed by atoms with Gasteiger partial charge in [-0.1, -0.05) is 34.6 Å². The number of likely N-dealkylation sites (tertiary alicyclic amines) is 1. The highest BCUT2D eigenvalue weighted by molar-refractivity contribution is 5.77. The predicted octanol–water partition coefficient (Wildman–Crippen LogP) is 4.79. The molecule has 5 aliphatic carbocycles. The first-order valence-electron chi connectivity index (χ1n) is 21.4. The van der Waals surface area contributed by atoms with E-state index in [2.05, 4.69) is 44.4 Å². The highest BCUT2D eigenvalue weighted by Crippen LogP contribution is 2.89. The Hall–Kier alpha value is -0.850. The number of aliphatic hydroxyl groups is 2. The van der Waals surface area contributed by atoms with Crippen LogP contribution in [0.25, 0.3) is 0 Å². The number of rotatable bonds is 9. The number of fused-ring (bicyclic) bond motifs is 4. The third kappa shape index (κ3) is 5.63. The third-order valence-electron chi connectivity index (χ3n) is 17.8. The fraction of sp³-hybridized carbons (Fsp3) is 0.977. The molecule has 0 bridgehead atoms. The Morgan fingerprint density at radius 2 is 1.72 bits per heavy atom. The first kappa shape index (κ1) is 39.0. The normalized spacial score (nSPS) is 48.7. The topological polar surface area (TPSA) is 104 Å². The molecule has 8 fully saturated rings. The molecule has 0 aromatic rings. The van der Waals surface area contributed by atoms with Gasteiger partial charge in [0.2, 0.25) is 5.91 Å². The molecule has 2 N–H and O–H groups in total. The molecule has 3 heterocycles. The number of carbonyl (C=O) groups is 1. The van der Waals surface area contributed by atoms with Crippen molar-refractivity contribution in [2.75, 3.05) is 60.0 Å². The minimum Gasteiger partial charge on any atom is -0.390 e. The van der Waals surface area contributed by atoms with Crippen molar-refractivity contribution in [1.29, 1.82) is 0 Å². The van der Waals surface area contributed by atoms with Crippen molar-refractivity contribution in [3.63, 3.8) is 0 Å². The quantitative estimate of drug-likeness (QED) is 0.345. The van der Waals surface area contributed by atoms with Gasteiger partial charge in [0.25, 0.3) is 0 Å². The first-order valence-corrected chi connectivity index (χ1v) is 21.4. The lowest BCUT2D eigenvalue weighted by molar-refractivity contribution is -0.253. The smallest absolute Gasteiger partial charge is 0.236 e. The van der Waals surface area contributed by atoms with Gasteiger partial charge in [0, 0.05) is 58.3 Å². The fourth-order valence-corrected chi connectivity index (χ4v) is 15.2. The summed E-state index contributed by atoms with van der Waals surface area (Å²) in [6, 6.07) is 0.462. The molecule has 0 radical (unpaired) electrons. The number of likely N-dealkylation sites (N-methyl/N-ethyl adjacent to an activating group) is 1. The van der Waals surface area contributed by atoms with Crippen molar-refractivity contribution in [3.05, 3.63) is 0 Å². The van der Waals surface area contributed by atoms with E-state index in [9.17, 15) is 15.0 Å². The number of hydrogen-bond donors (Lipinski definition) is 2. The van der Waals surface area contributed by atoms with Gasteiger partial charge in [-0.25, -0.2) is 0 Å². The zero-order chi connectivity index (χ0) is 38.1. The molecule has 10 nitrogen and oxygen atoms in total. The summed E-state index contributed by atoms with van der Waals surface area (Å²) in [6.07, 6.45) is 7.74. The van der Waals surface area contributed by atoms with Gasteiger partial charge < -0.3 is 34.1 Å². The number of carbonyl (C=O) groups excluding carboxylic acids is 1. The van der Waals surface area contributed by atoms with Crippen molar-refractivity contribution < 1.29 is 34.0 Å². The fourth-order valence-electron chi connectivity index (χ4n) is 15.2. The van der Waals surface area contributed by atoms with Crippen LogP contribution in [-0.2, 0) is 23.7 Å². The van der Waals surface area contributed by atoms with Crippen molar-refractivity contribution >= 4 is 5.91 Å². The molecule has 3 aliphatic heterocycles. The van der Waals surface area contributed by atoms with Crippen LogP contribution in [0.1, 0.15) is 107 Å². The summed E-state index contributed by atoms with van der Waals surface area (Å²) in [5.41, 5.74) is -0.590. The lowest BCUT2D eigenvalue weighted by Gasteiger charge is -2.64. The van der Waals surface area contributed by atoms with Gasteiger partial charge in [-0.3, -0.25) is 14.6 Å². The van der Waals surface area contributed by atoms with Crippen LogP contribution in [-0.4, -0.2) is 139 Å². The van der Waals surface area contributed by atoms with Crippen LogP contribution in [0.5, 0.6) is 0 Å². The monoisotopic (exact) mass is 744 g/mol. The molecule has 0 aromatic heterocycles. The minimum atomic E-state index is -1.02. The van der Waals surface area contributed by atoms with E-state index in [1.165, 1.54) is 25.7 Å². The molecular weight excluding hydrogens is 670 g/mol. The van der Waals surface area contributed by atoms with E-state index in [0.717, 1.165) is 51.9 Å². The first-order chi connectivity index (χ1) is 24.8. The van der Waals surface area contributed by atoms with E-state index in [1.807, 2.05) is 34.9 Å². The Labute approximate surface area is 320 Å². The van der Waals surface area contributed by atoms with Gasteiger partial charge in [-0.05, 0) is 117 Å². The van der Waals surface area contributed by atoms with E-state index in [-0.39, 0.29) is 52.2 Å². The third-order valence-corrected chi connectivity index (χ3v) is 17.8. The van der Waals surface area contributed by atoms with Gasteiger partial charge in [-0.15, -0.1) is 0 Å². The Balaban J connectivity index is 0.955. The Bertz CT molecular complexity index is 1400. The summed E-state index contributed by atoms with van der Waals surface area (Å²) >= 11 is 0. The van der Waals surface area contributed by atoms with Crippen LogP contribution in [0, 0.1) is 50.7 Å². The second-order valence-electron chi connectivity index (χ2n) is 21.1. The second-order valence-corrected chi connectivity index (χ2v) is 21.1. The maximum absolute atomic E-state index is 12.7. The summed E-state index contributed by atoms with van der Waals surface area (Å²) < 4.78 is 26.4. The van der Waals surface area contributed by atoms with E-state index in [1.54, 1.807) is 4.90 Å². The summed E-state index contributed by atoms with van der Waals surface area (Å²) in [5.74, 6) is 1.93. The molecule has 8 aliphatic rings. The van der Waals surface area contributed by atoms with E-state index >= 15 is 0 Å². The largest absolute Gasteiger partial charge is 0.390 e. The van der Waals surface area contributed by atoms with Crippen LogP contribution >= 0.6 is 0 Å². The lowest BCUT2D eigenvalue weighted by Crippen LogP contribution is -2.64. The molecule has 3 saturated heterocycles. The number of aliphatic hydroxyl groups excluding tert-OH is 1. The van der Waals surface area contributed by atoms with Gasteiger partial charge >= 0.3 is 0 Å². The SMILES string of the molecule is CCO[C@@H]([C@H]1C[C@@H](C)[C@H]2[C@H](O1)[C@H](O)[C@@]1(C)[C@@H]3CC[C@H]4C(C)(C)[C@@H](O[C@H]5CN(C6CN(CC(=O)N(C)C)C6)CCO5)CC[C@@]45C[C@@]35CC[C@]21C)C(C)(C)O. The Morgan fingerprint density at radius 1 is 1.02 bits per heavy atom. The van der Waals surface area contributed by atoms with Crippen molar-refractivity contribution in [2.45, 2.75) is 155 Å². The molecule has 0 unspecified atom stereocenters. The van der Waals surface area contributed by atoms with Gasteiger partial charge in [0.1, 0.15) is 6.10 Å². The minimum absolute atomic E-state index is 0.00320. The summed E-state index contributed by atoms with van der Waals surface area (Å²) in [6.45, 7) is 23.3. The van der Waals surface area contributed by atoms with E-state index in [4.69, 9.17) is 18.9 Å². The Kier molecular flexibility index (Phi) is 9.63. The van der Waals surface area contributed by atoms with Crippen LogP contribution < -0.4 is 0 Å². The predicted molar refractivity (Wildman–Crippen MR) is 203 cm³/mol. The summed E-state index contributed by atoms with van der Waals surface area (Å²) in [5, 5.41) is 23.8. The van der Waals surface area contributed by atoms with Crippen molar-refractivity contribution in [2.24, 2.45) is 50.7 Å². The molecule has 302 valence electrons. The number of hydrogen-bond acceptors (Lipinski definition) is 9. The average Bonchev–Trinajstić information content (AvgIpc) is 3.70. The molecule has 0 aromatic carbocycles. The molecule has 2 spiro atoms. The average molecular weight is 744 g/mol. The van der Waals surface area contributed by atoms with Crippen LogP contribution in [0.15, 0.2) is 0 Å². The lowest BCUT2D eigenvalue weighted by atomic mass is 9.41. The second kappa shape index (κ2) is 13.1. The number of ether oxygens (including phenoxy) is 4. The van der Waals surface area contributed by atoms with Gasteiger partial charge in [-0.2, -0.15) is 0 Å². The molecule has 8 rings (SSSR count). The number of nitrogens with zero attached hydrogens (tertiary/aromatic N) is 3. The summed E-state index contributed by atoms with van der Waals surface area (Å²) in [7, 11) is 3.65. The molecule has 5 saturated carbocycles. The maximum atomic E-state index is 12.7. The zero-order valence-corrected chi connectivity index (χ0v) is 34.7. The van der Waals surface area contributed by atoms with Crippen LogP contribution in [0.4, 0.5) is 0 Å². The zero-order valence-electron chi connectivity index (χ0n) is 34.7. The Morgan fingerprint density at radius 3 is 2.40 bits per heavy atom. The number of morpholine rings is 1. The van der Waals surface area contributed by atoms with E-state index in [0.29, 0.717) is 54.9 Å². The van der Waals surface area contributed by atoms with Gasteiger partial charge in [0.15, 0.2) is 6.29 Å². The van der Waals surface area contributed by atoms with E-state index < -0.39 is 17.8 Å². The molecule has 53 heavy (non-hydrogen) atoms. The highest BCUT2D eigenvalue weighted by atomic mass is 16.7. The van der Waals surface area contributed by atoms with Gasteiger partial charge in [0.05, 0.1) is 43.2 Å². The molecule has 10 heteroatoms. The molecule has 1 amide bonds.